The number of aromatic carboxylic acids is 1. The van der Waals surface area contributed by atoms with Crippen molar-refractivity contribution < 1.29 is 38.5 Å². The molecule has 0 bridgehead atoms. The van der Waals surface area contributed by atoms with Crippen LogP contribution < -0.4 is 0 Å². The molecule has 0 aliphatic carbocycles. The number of carboxylic acids is 1. The molecule has 1 N–H and O–H groups in total. The minimum atomic E-state index is -1.41. The highest BCUT2D eigenvalue weighted by molar-refractivity contribution is 6.14. The van der Waals surface area contributed by atoms with Crippen LogP contribution in [-0.4, -0.2) is 48.8 Å². The Kier molecular flexibility index (Phi) is 18.5. The fourth-order valence-corrected chi connectivity index (χ4v) is 4.59. The first-order valence-corrected chi connectivity index (χ1v) is 15.9. The van der Waals surface area contributed by atoms with E-state index in [1.807, 2.05) is 0 Å². The van der Waals surface area contributed by atoms with Gasteiger partial charge in [0, 0.05) is 0 Å². The third-order valence-corrected chi connectivity index (χ3v) is 7.04. The zero-order chi connectivity index (χ0) is 31.5. The Hall–Kier alpha value is -2.90. The number of unbranched alkanes of at least 4 members (excludes halogenated alkanes) is 6. The van der Waals surface area contributed by atoms with Gasteiger partial charge in [0.2, 0.25) is 0 Å². The molecule has 0 radical (unpaired) electrons. The maximum absolute atomic E-state index is 13.3. The number of hydrogen-bond donors (Lipinski definition) is 1. The second-order valence-electron chi connectivity index (χ2n) is 12.4. The zero-order valence-corrected chi connectivity index (χ0v) is 26.8. The van der Waals surface area contributed by atoms with Crippen molar-refractivity contribution in [2.75, 3.05) is 19.8 Å². The number of rotatable bonds is 22. The highest BCUT2D eigenvalue weighted by atomic mass is 16.5. The van der Waals surface area contributed by atoms with Gasteiger partial charge in [-0.15, -0.1) is 0 Å². The number of carbonyl (C=O) groups is 4. The summed E-state index contributed by atoms with van der Waals surface area (Å²) >= 11 is 0. The molecule has 42 heavy (non-hydrogen) atoms. The molecule has 0 aromatic heterocycles. The highest BCUT2D eigenvalue weighted by Gasteiger charge is 2.32. The smallest absolute Gasteiger partial charge is 0.339 e. The molecule has 0 aliphatic rings. The Morgan fingerprint density at radius 3 is 1.21 bits per heavy atom. The Balaban J connectivity index is 3.13. The molecular weight excluding hydrogens is 536 g/mol. The summed E-state index contributed by atoms with van der Waals surface area (Å²) in [6.07, 6.45) is 10.7. The monoisotopic (exact) mass is 590 g/mol. The van der Waals surface area contributed by atoms with Crippen LogP contribution in [0.1, 0.15) is 160 Å². The van der Waals surface area contributed by atoms with E-state index in [4.69, 9.17) is 14.2 Å². The number of ether oxygens (including phenoxy) is 3. The molecule has 1 aromatic rings. The molecule has 0 unspecified atom stereocenters. The number of carboxylic acid groups (broad SMARTS) is 1. The molecule has 0 heterocycles. The van der Waals surface area contributed by atoms with Crippen LogP contribution >= 0.6 is 0 Å². The Morgan fingerprint density at radius 1 is 0.524 bits per heavy atom. The van der Waals surface area contributed by atoms with Gasteiger partial charge < -0.3 is 19.3 Å². The van der Waals surface area contributed by atoms with Gasteiger partial charge in [-0.2, -0.15) is 0 Å². The third-order valence-electron chi connectivity index (χ3n) is 7.04. The van der Waals surface area contributed by atoms with Crippen molar-refractivity contribution >= 4 is 23.9 Å². The van der Waals surface area contributed by atoms with E-state index in [9.17, 15) is 24.3 Å². The maximum atomic E-state index is 13.3. The Morgan fingerprint density at radius 2 is 0.857 bits per heavy atom. The average Bonchev–Trinajstić information content (AvgIpc) is 2.92. The summed E-state index contributed by atoms with van der Waals surface area (Å²) in [6, 6.07) is 2.36. The number of carbonyl (C=O) groups excluding carboxylic acids is 3. The Bertz CT molecular complexity index is 980. The standard InChI is InChI=1S/C34H54O8/c1-24(2)16-10-7-13-21-40-32(37)28-20-19-27(31(35)36)29(33(38)41-22-14-8-11-17-25(3)4)30(28)34(39)42-23-15-9-12-18-26(5)6/h19-20,24-26H,7-18,21-23H2,1-6H3,(H,35,36). The van der Waals surface area contributed by atoms with E-state index in [0.717, 1.165) is 63.9 Å². The van der Waals surface area contributed by atoms with Crippen molar-refractivity contribution in [3.05, 3.63) is 34.4 Å². The first-order valence-electron chi connectivity index (χ1n) is 15.9. The second-order valence-corrected chi connectivity index (χ2v) is 12.4. The SMILES string of the molecule is CC(C)CCCCCOC(=O)c1ccc(C(=O)O)c(C(=O)OCCCCCC(C)C)c1C(=O)OCCCCCC(C)C. The van der Waals surface area contributed by atoms with Crippen LogP contribution in [0.2, 0.25) is 0 Å². The number of hydrogen-bond acceptors (Lipinski definition) is 7. The molecule has 0 atom stereocenters. The molecular formula is C34H54O8. The summed E-state index contributed by atoms with van der Waals surface area (Å²) in [6.45, 7) is 13.2. The second kappa shape index (κ2) is 20.9. The molecule has 0 saturated heterocycles. The van der Waals surface area contributed by atoms with E-state index < -0.39 is 40.6 Å². The van der Waals surface area contributed by atoms with Gasteiger partial charge in [-0.05, 0) is 49.1 Å². The lowest BCUT2D eigenvalue weighted by molar-refractivity contribution is 0.0426. The predicted octanol–water partition coefficient (Wildman–Crippen LogP) is 8.50. The molecule has 0 saturated carbocycles. The van der Waals surface area contributed by atoms with Crippen molar-refractivity contribution in [3.63, 3.8) is 0 Å². The maximum Gasteiger partial charge on any atom is 0.339 e. The minimum Gasteiger partial charge on any atom is -0.478 e. The molecule has 1 aromatic carbocycles. The van der Waals surface area contributed by atoms with Crippen LogP contribution in [0.3, 0.4) is 0 Å². The number of benzene rings is 1. The minimum absolute atomic E-state index is 0.0748. The zero-order valence-electron chi connectivity index (χ0n) is 26.8. The fraction of sp³-hybridized carbons (Fsp3) is 0.706. The first-order chi connectivity index (χ1) is 20.0. The normalized spacial score (nSPS) is 11.3. The van der Waals surface area contributed by atoms with Crippen LogP contribution in [0.4, 0.5) is 0 Å². The highest BCUT2D eigenvalue weighted by Crippen LogP contribution is 2.24. The lowest BCUT2D eigenvalue weighted by Gasteiger charge is -2.16. The molecule has 8 heteroatoms. The molecule has 8 nitrogen and oxygen atoms in total. The van der Waals surface area contributed by atoms with E-state index in [0.29, 0.717) is 37.0 Å². The molecule has 0 aliphatic heterocycles. The fourth-order valence-electron chi connectivity index (χ4n) is 4.59. The topological polar surface area (TPSA) is 116 Å². The van der Waals surface area contributed by atoms with Crippen LogP contribution in [0, 0.1) is 17.8 Å². The van der Waals surface area contributed by atoms with E-state index in [2.05, 4.69) is 41.5 Å². The lowest BCUT2D eigenvalue weighted by atomic mass is 9.95. The summed E-state index contributed by atoms with van der Waals surface area (Å²) in [5, 5.41) is 9.85. The van der Waals surface area contributed by atoms with Crippen LogP contribution in [0.5, 0.6) is 0 Å². The van der Waals surface area contributed by atoms with Gasteiger partial charge in [-0.25, -0.2) is 19.2 Å². The molecule has 0 spiro atoms. The van der Waals surface area contributed by atoms with Gasteiger partial charge in [0.15, 0.2) is 0 Å². The summed E-state index contributed by atoms with van der Waals surface area (Å²) in [4.78, 5) is 51.8. The summed E-state index contributed by atoms with van der Waals surface area (Å²) < 4.78 is 16.3. The predicted molar refractivity (Wildman–Crippen MR) is 164 cm³/mol. The van der Waals surface area contributed by atoms with Crippen molar-refractivity contribution in [1.82, 2.24) is 0 Å². The largest absolute Gasteiger partial charge is 0.478 e. The third kappa shape index (κ3) is 14.8. The molecule has 0 amide bonds. The van der Waals surface area contributed by atoms with Crippen molar-refractivity contribution in [2.45, 2.75) is 119 Å². The Labute approximate surface area is 252 Å². The van der Waals surface area contributed by atoms with E-state index >= 15 is 0 Å². The van der Waals surface area contributed by atoms with Crippen molar-refractivity contribution in [1.29, 1.82) is 0 Å². The lowest BCUT2D eigenvalue weighted by Crippen LogP contribution is -2.23. The average molecular weight is 591 g/mol. The summed E-state index contributed by atoms with van der Waals surface area (Å²) in [5.41, 5.74) is -1.50. The molecule has 0 fully saturated rings. The van der Waals surface area contributed by atoms with Crippen LogP contribution in [-0.2, 0) is 14.2 Å². The number of esters is 3. The first kappa shape index (κ1) is 37.1. The van der Waals surface area contributed by atoms with Crippen LogP contribution in [0.15, 0.2) is 12.1 Å². The van der Waals surface area contributed by atoms with Gasteiger partial charge in [0.1, 0.15) is 0 Å². The van der Waals surface area contributed by atoms with E-state index in [1.165, 1.54) is 6.07 Å². The van der Waals surface area contributed by atoms with E-state index in [-0.39, 0.29) is 25.4 Å². The quantitative estimate of drug-likeness (QED) is 0.0811. The summed E-state index contributed by atoms with van der Waals surface area (Å²) in [5.74, 6) is -2.36. The molecule has 1 rings (SSSR count). The van der Waals surface area contributed by atoms with Gasteiger partial charge >= 0.3 is 23.9 Å². The van der Waals surface area contributed by atoms with Gasteiger partial charge in [0.25, 0.3) is 0 Å². The van der Waals surface area contributed by atoms with Gasteiger partial charge in [0.05, 0.1) is 42.1 Å². The van der Waals surface area contributed by atoms with Crippen molar-refractivity contribution in [2.24, 2.45) is 17.8 Å². The van der Waals surface area contributed by atoms with Crippen LogP contribution in [0.25, 0.3) is 0 Å². The molecule has 238 valence electrons. The summed E-state index contributed by atoms with van der Waals surface area (Å²) in [7, 11) is 0. The van der Waals surface area contributed by atoms with Crippen molar-refractivity contribution in [3.8, 4) is 0 Å². The van der Waals surface area contributed by atoms with Gasteiger partial charge in [-0.1, -0.05) is 99.3 Å². The van der Waals surface area contributed by atoms with E-state index in [1.54, 1.807) is 0 Å². The van der Waals surface area contributed by atoms with Gasteiger partial charge in [-0.3, -0.25) is 0 Å².